The van der Waals surface area contributed by atoms with Crippen LogP contribution in [0.25, 0.3) is 55.6 Å². The van der Waals surface area contributed by atoms with Crippen LogP contribution in [0, 0.1) is 62.6 Å². The Kier molecular flexibility index (Phi) is 11.7. The van der Waals surface area contributed by atoms with Crippen LogP contribution in [0.2, 0.25) is 19.6 Å². The molecule has 55 heavy (non-hydrogen) atoms. The molecule has 5 heteroatoms. The van der Waals surface area contributed by atoms with Gasteiger partial charge in [0.1, 0.15) is 5.58 Å². The standard InChI is InChI=1S/C32H32NO.C18H24NSi.Ir/c1-19-13-21(3)31(22(4)14-19)23-9-10-25-27-18-26(20(2)15-29(27)34-30(25)16-23)28-17-24(32(5,6)7)11-12-33(28)8;1-13-10-14(2)18(15(3)11-13)17-9-8-16(12-19(17)4)20(5,6)7;/h9-18H,2,8H2,1,3-7H3;8-12H,2,4H2,1,3,5-7H3;/q2*-1;. The monoisotopic (exact) mass is 921 g/mol. The Morgan fingerprint density at radius 3 is 1.78 bits per heavy atom. The molecule has 0 aliphatic carbocycles. The molecule has 7 rings (SSSR count). The summed E-state index contributed by atoms with van der Waals surface area (Å²) >= 11 is 0. The summed E-state index contributed by atoms with van der Waals surface area (Å²) < 4.78 is 10.3. The molecule has 3 aromatic heterocycles. The second-order valence-electron chi connectivity index (χ2n) is 17.3. The van der Waals surface area contributed by atoms with Gasteiger partial charge in [-0.2, -0.15) is 31.0 Å². The summed E-state index contributed by atoms with van der Waals surface area (Å²) in [6.07, 6.45) is 4.21. The Morgan fingerprint density at radius 1 is 0.600 bits per heavy atom. The van der Waals surface area contributed by atoms with E-state index in [2.05, 4.69) is 188 Å². The predicted molar refractivity (Wildman–Crippen MR) is 233 cm³/mol. The number of rotatable bonds is 4. The van der Waals surface area contributed by atoms with Crippen molar-refractivity contribution in [3.05, 3.63) is 164 Å². The zero-order valence-electron chi connectivity index (χ0n) is 34.6. The normalized spacial score (nSPS) is 11.7. The van der Waals surface area contributed by atoms with Gasteiger partial charge in [-0.25, -0.2) is 0 Å². The van der Waals surface area contributed by atoms with Crippen molar-refractivity contribution in [2.75, 3.05) is 0 Å². The van der Waals surface area contributed by atoms with E-state index in [1.54, 1.807) is 0 Å². The van der Waals surface area contributed by atoms with E-state index in [-0.39, 0.29) is 25.5 Å². The molecule has 0 aliphatic heterocycles. The first kappa shape index (κ1) is 41.5. The average molecular weight is 921 g/mol. The van der Waals surface area contributed by atoms with E-state index in [1.807, 2.05) is 15.3 Å². The van der Waals surface area contributed by atoms with Gasteiger partial charge in [-0.3, -0.25) is 0 Å². The maximum atomic E-state index is 6.34. The first-order chi connectivity index (χ1) is 25.2. The van der Waals surface area contributed by atoms with Crippen molar-refractivity contribution >= 4 is 35.2 Å². The summed E-state index contributed by atoms with van der Waals surface area (Å²) in [4.78, 5) is 0. The zero-order valence-corrected chi connectivity index (χ0v) is 38.0. The van der Waals surface area contributed by atoms with Crippen molar-refractivity contribution in [2.45, 2.75) is 80.4 Å². The molecule has 3 heterocycles. The van der Waals surface area contributed by atoms with Gasteiger partial charge in [-0.15, -0.1) is 34.4 Å². The minimum atomic E-state index is -1.30. The molecule has 7 aromatic rings. The van der Waals surface area contributed by atoms with Crippen molar-refractivity contribution in [3.63, 3.8) is 0 Å². The molecule has 0 fully saturated rings. The minimum Gasteiger partial charge on any atom is -0.469 e. The predicted octanol–water partition coefficient (Wildman–Crippen LogP) is 11.9. The average Bonchev–Trinajstić information content (AvgIpc) is 3.40. The number of nitrogens with zero attached hydrogens (tertiary/aromatic N) is 2. The van der Waals surface area contributed by atoms with Crippen molar-refractivity contribution in [1.29, 1.82) is 0 Å². The number of furan rings is 1. The van der Waals surface area contributed by atoms with Gasteiger partial charge < -0.3 is 13.6 Å². The quantitative estimate of drug-likeness (QED) is 0.0979. The molecule has 0 unspecified atom stereocenters. The van der Waals surface area contributed by atoms with Gasteiger partial charge in [0.15, 0.2) is 0 Å². The Labute approximate surface area is 344 Å². The molecule has 3 nitrogen and oxygen atoms in total. The van der Waals surface area contributed by atoms with E-state index in [1.165, 1.54) is 55.3 Å². The first-order valence-electron chi connectivity index (χ1n) is 18.8. The second kappa shape index (κ2) is 15.5. The molecule has 0 aliphatic rings. The van der Waals surface area contributed by atoms with Gasteiger partial charge in [0.2, 0.25) is 0 Å². The molecule has 0 amide bonds. The summed E-state index contributed by atoms with van der Waals surface area (Å²) in [6, 6.07) is 28.5. The largest absolute Gasteiger partial charge is 0.469 e. The number of benzene rings is 4. The van der Waals surface area contributed by atoms with E-state index >= 15 is 0 Å². The third-order valence-corrected chi connectivity index (χ3v) is 12.6. The summed E-state index contributed by atoms with van der Waals surface area (Å²) in [5.41, 5.74) is 18.4. The molecule has 0 bridgehead atoms. The minimum absolute atomic E-state index is 0. The molecular formula is C50H56IrN2OSi-2. The fourth-order valence-corrected chi connectivity index (χ4v) is 8.89. The van der Waals surface area contributed by atoms with Gasteiger partial charge in [-0.05, 0) is 60.6 Å². The summed E-state index contributed by atoms with van der Waals surface area (Å²) in [7, 11) is 7.11. The zero-order chi connectivity index (χ0) is 39.4. The molecule has 4 aromatic carbocycles. The van der Waals surface area contributed by atoms with Gasteiger partial charge in [-0.1, -0.05) is 119 Å². The van der Waals surface area contributed by atoms with E-state index in [0.717, 1.165) is 50.0 Å². The Hall–Kier alpha value is -4.67. The van der Waals surface area contributed by atoms with Gasteiger partial charge in [0.25, 0.3) is 0 Å². The number of hydrogen-bond acceptors (Lipinski definition) is 1. The van der Waals surface area contributed by atoms with Crippen LogP contribution in [0.4, 0.5) is 0 Å². The summed E-state index contributed by atoms with van der Waals surface area (Å²) in [6.45, 7) is 33.0. The van der Waals surface area contributed by atoms with Crippen LogP contribution >= 0.6 is 0 Å². The Balaban J connectivity index is 0.000000237. The topological polar surface area (TPSA) is 20.9 Å². The van der Waals surface area contributed by atoms with Crippen LogP contribution < -0.4 is 14.3 Å². The van der Waals surface area contributed by atoms with E-state index in [0.29, 0.717) is 0 Å². The third kappa shape index (κ3) is 8.45. The molecule has 287 valence electrons. The number of hydrogen-bond donors (Lipinski definition) is 0. The molecular weight excluding hydrogens is 865 g/mol. The molecule has 0 spiro atoms. The Morgan fingerprint density at radius 2 is 1.20 bits per heavy atom. The van der Waals surface area contributed by atoms with Gasteiger partial charge >= 0.3 is 0 Å². The van der Waals surface area contributed by atoms with E-state index in [9.17, 15) is 0 Å². The first-order valence-corrected chi connectivity index (χ1v) is 22.3. The van der Waals surface area contributed by atoms with Crippen molar-refractivity contribution in [3.8, 4) is 33.6 Å². The SMILES string of the molecule is [CH2-]c1cc(C)cc(C)c1-c1ccc([Si](C)(C)C)c[n+]1[CH2-].[CH2-]c1cc2oc3cc(-c4c(C)cc(C)cc4C)ccc3c2cc1-c1cc(C(C)(C)C)cc[n+]1[CH2-].[Ir]. The van der Waals surface area contributed by atoms with Crippen LogP contribution in [0.5, 0.6) is 0 Å². The molecule has 0 saturated carbocycles. The van der Waals surface area contributed by atoms with Crippen molar-refractivity contribution < 1.29 is 33.7 Å². The molecule has 0 atom stereocenters. The number of aryl methyl sites for hydroxylation is 5. The number of aromatic nitrogens is 2. The van der Waals surface area contributed by atoms with E-state index in [4.69, 9.17) is 4.42 Å². The molecule has 0 saturated heterocycles. The van der Waals surface area contributed by atoms with Crippen molar-refractivity contribution in [1.82, 2.24) is 0 Å². The number of fused-ring (bicyclic) bond motifs is 3. The van der Waals surface area contributed by atoms with E-state index < -0.39 is 8.07 Å². The molecule has 0 N–H and O–H groups in total. The fraction of sp³-hybridized carbons (Fsp3) is 0.240. The summed E-state index contributed by atoms with van der Waals surface area (Å²) in [5.74, 6) is 0. The fourth-order valence-electron chi connectivity index (χ4n) is 7.76. The van der Waals surface area contributed by atoms with Crippen LogP contribution in [0.3, 0.4) is 0 Å². The van der Waals surface area contributed by atoms with Crippen LogP contribution in [-0.2, 0) is 25.5 Å². The number of pyridine rings is 2. The third-order valence-electron chi connectivity index (χ3n) is 10.5. The van der Waals surface area contributed by atoms with Crippen LogP contribution in [0.15, 0.2) is 95.7 Å². The maximum absolute atomic E-state index is 6.34. The second-order valence-corrected chi connectivity index (χ2v) is 22.3. The molecule has 1 radical (unpaired) electrons. The Bertz CT molecular complexity index is 2520. The van der Waals surface area contributed by atoms with Gasteiger partial charge in [0, 0.05) is 45.0 Å². The maximum Gasteiger partial charge on any atom is 0.134 e. The summed E-state index contributed by atoms with van der Waals surface area (Å²) in [5, 5.41) is 3.64. The van der Waals surface area contributed by atoms with Crippen LogP contribution in [-0.4, -0.2) is 8.07 Å². The smallest absolute Gasteiger partial charge is 0.134 e. The van der Waals surface area contributed by atoms with Gasteiger partial charge in [0.05, 0.1) is 37.4 Å². The van der Waals surface area contributed by atoms with Crippen LogP contribution in [0.1, 0.15) is 65.3 Å². The van der Waals surface area contributed by atoms with Crippen molar-refractivity contribution in [2.24, 2.45) is 0 Å².